The molecule has 15 atom stereocenters. The molecule has 812 valence electrons. The molecule has 2 fully saturated rings. The maximum absolute atomic E-state index is 14.9. The molecule has 53 heteroatoms. The first kappa shape index (κ1) is 120. The number of amides is 18. The van der Waals surface area contributed by atoms with Crippen LogP contribution in [0.5, 0.6) is 5.75 Å². The Labute approximate surface area is 861 Å². The Hall–Kier alpha value is -16.6. The van der Waals surface area contributed by atoms with Crippen LogP contribution < -0.4 is 97.0 Å². The smallest absolute Gasteiger partial charge is 0.305 e. The molecule has 0 saturated carbocycles. The van der Waals surface area contributed by atoms with Gasteiger partial charge < -0.3 is 148 Å². The molecule has 150 heavy (non-hydrogen) atoms. The molecule has 8 rings (SSSR count). The van der Waals surface area contributed by atoms with Gasteiger partial charge in [-0.2, -0.15) is 11.8 Å². The fourth-order valence-electron chi connectivity index (χ4n) is 16.4. The average Bonchev–Trinajstić information content (AvgIpc) is 1.40. The van der Waals surface area contributed by atoms with Crippen molar-refractivity contribution in [3.8, 4) is 5.75 Å². The molecule has 0 radical (unpaired) electrons. The van der Waals surface area contributed by atoms with E-state index in [-0.39, 0.29) is 87.0 Å². The van der Waals surface area contributed by atoms with Crippen LogP contribution in [0.2, 0.25) is 0 Å². The lowest BCUT2D eigenvalue weighted by Crippen LogP contribution is -2.61. The number of rotatable bonds is 62. The molecule has 2 aromatic heterocycles. The summed E-state index contributed by atoms with van der Waals surface area (Å²) in [6.45, 7) is 2.92. The summed E-state index contributed by atoms with van der Waals surface area (Å²) in [5.41, 5.74) is 8.66. The third kappa shape index (κ3) is 39.0. The first-order chi connectivity index (χ1) is 70.7. The number of fused-ring (bicyclic) bond motifs is 2. The number of aliphatic carboxylic acids is 6. The van der Waals surface area contributed by atoms with Crippen molar-refractivity contribution in [1.82, 2.24) is 106 Å². The number of hydrogen-bond acceptors (Lipinski definition) is 27. The summed E-state index contributed by atoms with van der Waals surface area (Å²) in [4.78, 5) is 334. The molecule has 30 N–H and O–H groups in total. The number of phenolic OH excluding ortho intramolecular Hbond substituents is 1. The minimum atomic E-state index is -2.14. The first-order valence-corrected chi connectivity index (χ1v) is 49.2. The van der Waals surface area contributed by atoms with Crippen molar-refractivity contribution in [1.29, 1.82) is 0 Å². The number of carbonyl (C=O) groups excluding carboxylic acids is 18. The number of phenols is 1. The predicted octanol–water partition coefficient (Wildman–Crippen LogP) is -3.31. The third-order valence-corrected chi connectivity index (χ3v) is 24.8. The second-order valence-electron chi connectivity index (χ2n) is 36.1. The van der Waals surface area contributed by atoms with Crippen molar-refractivity contribution < 1.29 is 151 Å². The molecular formula is C97H127N21O31S. The van der Waals surface area contributed by atoms with Crippen LogP contribution in [0.4, 0.5) is 0 Å². The topological polar surface area (TPSA) is 840 Å². The normalized spacial score (nSPS) is 15.6. The zero-order chi connectivity index (χ0) is 109. The fraction of sp³-hybridized carbons (Fsp3) is 0.464. The molecule has 2 saturated heterocycles. The highest BCUT2D eigenvalue weighted by Crippen LogP contribution is 2.25. The molecule has 2 aliphatic rings. The summed E-state index contributed by atoms with van der Waals surface area (Å²) >= 11 is 1.24. The van der Waals surface area contributed by atoms with Crippen molar-refractivity contribution in [2.75, 3.05) is 31.6 Å². The van der Waals surface area contributed by atoms with E-state index in [1.807, 2.05) is 0 Å². The van der Waals surface area contributed by atoms with E-state index in [9.17, 15) is 151 Å². The van der Waals surface area contributed by atoms with Crippen LogP contribution >= 0.6 is 11.8 Å². The molecule has 4 aromatic carbocycles. The highest BCUT2D eigenvalue weighted by molar-refractivity contribution is 7.98. The van der Waals surface area contributed by atoms with E-state index in [1.165, 1.54) is 40.9 Å². The summed E-state index contributed by atoms with van der Waals surface area (Å²) in [5, 5.41) is 109. The Morgan fingerprint density at radius 1 is 0.400 bits per heavy atom. The van der Waals surface area contributed by atoms with E-state index in [0.29, 0.717) is 44.9 Å². The number of nitrogens with two attached hydrogens (primary N) is 1. The molecule has 0 unspecified atom stereocenters. The number of para-hydroxylation sites is 2. The summed E-state index contributed by atoms with van der Waals surface area (Å²) in [7, 11) is 0. The SMILES string of the molecule is CSCC[C@H](NC(=O)[C@H](Cc1c[nH]c2ccccc12)NC(=O)CNC(=O)[C@H](Cc1ccc(O)cc1)NC(=O)[C@H](C)NC(=O)[C@H](CCC(=O)O)NC(=O)[C@H](CCC(=O)O)NC(=O)[C@H](CCC(=O)O)NC(=O)[C@H](CCC(=O)O)NC(=O)[C@H](CCC(=O)O)NC(=O)[C@H](CC(C)C)NC(=O)[C@H](Cc1c[nH]c2ccccc12)NC(=O)[C@@H]1CCCN1C(=O)CNC(=O)[C@@H]1CCC(=O)N1)C(=O)N[C@@H](CC(=O)O)C(=O)N[C@@H](Cc1ccccc1)C(N)=O.N. The van der Waals surface area contributed by atoms with Gasteiger partial charge in [0.15, 0.2) is 0 Å². The van der Waals surface area contributed by atoms with Gasteiger partial charge >= 0.3 is 35.8 Å². The highest BCUT2D eigenvalue weighted by Gasteiger charge is 2.42. The fourth-order valence-corrected chi connectivity index (χ4v) is 16.8. The van der Waals surface area contributed by atoms with Gasteiger partial charge in [0.25, 0.3) is 0 Å². The number of carbonyl (C=O) groups is 24. The number of carboxylic acid groups (broad SMARTS) is 6. The van der Waals surface area contributed by atoms with E-state index in [0.717, 1.165) is 6.92 Å². The molecular weight excluding hydrogens is 1990 g/mol. The largest absolute Gasteiger partial charge is 0.508 e. The number of nitrogens with zero attached hydrogens (tertiary/aromatic N) is 1. The summed E-state index contributed by atoms with van der Waals surface area (Å²) in [5.74, 6) is -29.2. The van der Waals surface area contributed by atoms with Gasteiger partial charge in [0.05, 0.1) is 19.5 Å². The van der Waals surface area contributed by atoms with E-state index < -0.39 is 323 Å². The van der Waals surface area contributed by atoms with E-state index >= 15 is 0 Å². The average molecular weight is 2120 g/mol. The zero-order valence-electron chi connectivity index (χ0n) is 82.5. The number of H-pyrrole nitrogens is 2. The van der Waals surface area contributed by atoms with Crippen LogP contribution in [0, 0.1) is 5.92 Å². The van der Waals surface area contributed by atoms with E-state index in [4.69, 9.17) is 5.73 Å². The van der Waals surface area contributed by atoms with Crippen molar-refractivity contribution in [3.05, 3.63) is 138 Å². The van der Waals surface area contributed by atoms with Gasteiger partial charge in [0.2, 0.25) is 106 Å². The van der Waals surface area contributed by atoms with Crippen LogP contribution in [0.3, 0.4) is 0 Å². The highest BCUT2D eigenvalue weighted by atomic mass is 32.2. The number of nitrogens with one attached hydrogen (secondary N) is 18. The number of aromatic nitrogens is 2. The Balaban J connectivity index is 0.0000304. The van der Waals surface area contributed by atoms with Crippen LogP contribution in [0.15, 0.2) is 116 Å². The second-order valence-corrected chi connectivity index (χ2v) is 37.1. The Morgan fingerprint density at radius 2 is 0.787 bits per heavy atom. The van der Waals surface area contributed by atoms with Gasteiger partial charge in [0.1, 0.15) is 96.4 Å². The first-order valence-electron chi connectivity index (χ1n) is 47.8. The zero-order valence-corrected chi connectivity index (χ0v) is 83.3. The monoisotopic (exact) mass is 2110 g/mol. The number of aromatic hydroxyl groups is 1. The lowest BCUT2D eigenvalue weighted by atomic mass is 9.99. The standard InChI is InChI=1S/C97H124N20O31S.H3N/c1-49(2)39-68(114-95(146)71(43-54-46-100-59-18-11-9-16-57(54)59)116-97(148)73-19-12-37-117(73)76(121)48-102-85(136)60-24-30-74(119)104-60)93(144)110-65(29-35-81(130)131)91(142)109-64(28-34-80(128)129)90(141)108-63(27-33-79(126)127)89(140)107-62(26-32-78(124)125)88(139)106-61(25-31-77(122)123)87(138)103-50(3)84(135)113-69(41-52-20-22-55(118)23-21-52)86(137)101-47-75(120)105-70(42-53-45-99-58-17-10-8-15-56(53)58)94(145)111-66(36-38-149-4)92(143)115-72(44-82(132)133)96(147)112-67(83(98)134)40-51-13-6-5-7-14-51;/h5-11,13-18,20-23,45-46,49-50,60-73,99-100,118H,12,19,24-44,47-48H2,1-4H3,(H2,98,134)(H,101,137)(H,102,136)(H,103,138)(H,104,119)(H,105,120)(H,106,139)(H,107,140)(H,108,141)(H,109,142)(H,110,144)(H,111,145)(H,112,147)(H,113,135)(H,114,146)(H,115,143)(H,116,148)(H,122,123)(H,124,125)(H,126,127)(H,128,129)(H,130,131)(H,132,133);1H3/t50-,60-,61-,62-,63-,64-,65-,66-,67-,68-,69-,70-,71-,72-,73-;/m0./s1. The number of thioether (sulfide) groups is 1. The predicted molar refractivity (Wildman–Crippen MR) is 532 cm³/mol. The Kier molecular flexibility index (Phi) is 47.5. The van der Waals surface area contributed by atoms with Gasteiger partial charge in [-0.1, -0.05) is 92.7 Å². The maximum Gasteiger partial charge on any atom is 0.305 e. The molecule has 0 spiro atoms. The quantitative estimate of drug-likeness (QED) is 0.0178. The van der Waals surface area contributed by atoms with Crippen LogP contribution in [-0.4, -0.2) is 315 Å². The number of aromatic amines is 2. The number of benzene rings is 4. The van der Waals surface area contributed by atoms with Crippen molar-refractivity contribution >= 4 is 176 Å². The number of likely N-dealkylation sites (tertiary alicyclic amines) is 1. The maximum atomic E-state index is 14.9. The lowest BCUT2D eigenvalue weighted by Gasteiger charge is -2.29. The van der Waals surface area contributed by atoms with Crippen LogP contribution in [0.1, 0.15) is 152 Å². The number of carboxylic acids is 6. The molecule has 0 bridgehead atoms. The minimum absolute atomic E-state index is 0. The van der Waals surface area contributed by atoms with Crippen molar-refractivity contribution in [3.63, 3.8) is 0 Å². The summed E-state index contributed by atoms with van der Waals surface area (Å²) in [6.07, 6.45) is -5.89. The van der Waals surface area contributed by atoms with Gasteiger partial charge in [-0.3, -0.25) is 115 Å². The molecule has 18 amide bonds. The lowest BCUT2D eigenvalue weighted by molar-refractivity contribution is -0.141. The minimum Gasteiger partial charge on any atom is -0.508 e. The number of primary amides is 1. The van der Waals surface area contributed by atoms with Gasteiger partial charge in [-0.15, -0.1) is 0 Å². The van der Waals surface area contributed by atoms with Gasteiger partial charge in [-0.05, 0) is 136 Å². The van der Waals surface area contributed by atoms with Crippen molar-refractivity contribution in [2.24, 2.45) is 11.7 Å². The molecule has 2 aliphatic heterocycles. The molecule has 52 nitrogen and oxygen atoms in total. The van der Waals surface area contributed by atoms with Crippen LogP contribution in [0.25, 0.3) is 21.8 Å². The summed E-state index contributed by atoms with van der Waals surface area (Å²) < 4.78 is 0. The molecule has 0 aliphatic carbocycles. The van der Waals surface area contributed by atoms with Gasteiger partial charge in [-0.25, -0.2) is 0 Å². The third-order valence-electron chi connectivity index (χ3n) is 24.2. The molecule has 6 aromatic rings. The second kappa shape index (κ2) is 59.2. The van der Waals surface area contributed by atoms with Crippen molar-refractivity contribution in [2.45, 2.75) is 246 Å². The Morgan fingerprint density at radius 3 is 1.23 bits per heavy atom. The summed E-state index contributed by atoms with van der Waals surface area (Å²) in [6, 6.07) is 1.84. The number of hydrogen-bond donors (Lipinski definition) is 27. The van der Waals surface area contributed by atoms with E-state index in [1.54, 1.807) is 111 Å². The molecule has 4 heterocycles. The Bertz CT molecular complexity index is 5880. The van der Waals surface area contributed by atoms with Crippen LogP contribution in [-0.2, 0) is 141 Å². The van der Waals surface area contributed by atoms with E-state index in [2.05, 4.69) is 95.0 Å². The van der Waals surface area contributed by atoms with Gasteiger partial charge in [0, 0.05) is 105 Å².